The zero-order valence-electron chi connectivity index (χ0n) is 17.8. The van der Waals surface area contributed by atoms with Crippen LogP contribution in [0.1, 0.15) is 56.8 Å². The number of nitrogens with one attached hydrogen (secondary N) is 1. The van der Waals surface area contributed by atoms with E-state index in [0.29, 0.717) is 36.6 Å². The van der Waals surface area contributed by atoms with E-state index >= 15 is 0 Å². The molecule has 1 fully saturated rings. The van der Waals surface area contributed by atoms with Gasteiger partial charge in [0.05, 0.1) is 22.0 Å². The number of nitrogens with zero attached hydrogens (tertiary/aromatic N) is 2. The van der Waals surface area contributed by atoms with E-state index in [9.17, 15) is 14.4 Å². The van der Waals surface area contributed by atoms with Crippen LogP contribution in [0.4, 0.5) is 5.69 Å². The summed E-state index contributed by atoms with van der Waals surface area (Å²) >= 11 is 7.56. The number of thiazole rings is 1. The van der Waals surface area contributed by atoms with E-state index in [4.69, 9.17) is 21.8 Å². The molecule has 3 aromatic rings. The summed E-state index contributed by atoms with van der Waals surface area (Å²) in [5, 5.41) is 5.57. The lowest BCUT2D eigenvalue weighted by Gasteiger charge is -2.31. The van der Waals surface area contributed by atoms with Gasteiger partial charge in [0.2, 0.25) is 11.8 Å². The number of likely N-dealkylation sites (tertiary alicyclic amines) is 1. The van der Waals surface area contributed by atoms with E-state index in [1.165, 1.54) is 29.5 Å². The molecule has 4 rings (SSSR count). The van der Waals surface area contributed by atoms with Crippen molar-refractivity contribution < 1.29 is 18.8 Å². The van der Waals surface area contributed by atoms with E-state index in [2.05, 4.69) is 10.3 Å². The maximum Gasteiger partial charge on any atom is 0.275 e. The Bertz CT molecular complexity index is 1150. The topological polar surface area (TPSA) is 119 Å². The summed E-state index contributed by atoms with van der Waals surface area (Å²) in [4.78, 5) is 42.9. The van der Waals surface area contributed by atoms with Crippen molar-refractivity contribution in [2.24, 2.45) is 5.73 Å². The van der Waals surface area contributed by atoms with E-state index in [-0.39, 0.29) is 23.1 Å². The first-order chi connectivity index (χ1) is 15.9. The molecule has 172 valence electrons. The van der Waals surface area contributed by atoms with Gasteiger partial charge in [0.15, 0.2) is 0 Å². The quantitative estimate of drug-likeness (QED) is 0.521. The van der Waals surface area contributed by atoms with Crippen molar-refractivity contribution in [3.63, 3.8) is 0 Å². The Hall–Kier alpha value is -3.17. The monoisotopic (exact) mass is 486 g/mol. The van der Waals surface area contributed by atoms with Gasteiger partial charge in [-0.15, -0.1) is 11.3 Å². The van der Waals surface area contributed by atoms with Crippen LogP contribution < -0.4 is 11.1 Å². The summed E-state index contributed by atoms with van der Waals surface area (Å²) in [7, 11) is 0. The van der Waals surface area contributed by atoms with Gasteiger partial charge >= 0.3 is 0 Å². The highest BCUT2D eigenvalue weighted by Gasteiger charge is 2.26. The number of anilines is 1. The fraction of sp³-hybridized carbons (Fsp3) is 0.304. The van der Waals surface area contributed by atoms with Crippen molar-refractivity contribution in [2.45, 2.75) is 31.6 Å². The zero-order chi connectivity index (χ0) is 23.4. The van der Waals surface area contributed by atoms with Crippen molar-refractivity contribution in [2.75, 3.05) is 18.4 Å². The Morgan fingerprint density at radius 2 is 2.03 bits per heavy atom. The molecule has 0 saturated carbocycles. The highest BCUT2D eigenvalue weighted by atomic mass is 35.5. The number of halogens is 1. The van der Waals surface area contributed by atoms with E-state index in [1.807, 2.05) is 17.0 Å². The van der Waals surface area contributed by atoms with Crippen molar-refractivity contribution in [3.05, 3.63) is 69.0 Å². The van der Waals surface area contributed by atoms with Crippen molar-refractivity contribution in [1.29, 1.82) is 0 Å². The number of furan rings is 1. The average Bonchev–Trinajstić information content (AvgIpc) is 3.51. The van der Waals surface area contributed by atoms with Gasteiger partial charge in [-0.05, 0) is 43.2 Å². The Morgan fingerprint density at radius 3 is 2.73 bits per heavy atom. The lowest BCUT2D eigenvalue weighted by Crippen LogP contribution is -2.38. The number of nitrogens with two attached hydrogens (primary N) is 1. The number of carbonyl (C=O) groups excluding carboxylic acids is 3. The lowest BCUT2D eigenvalue weighted by molar-refractivity contribution is -0.132. The molecule has 3 amide bonds. The summed E-state index contributed by atoms with van der Waals surface area (Å²) < 4.78 is 5.29. The molecular weight excluding hydrogens is 464 g/mol. The molecule has 1 aromatic carbocycles. The number of rotatable bonds is 7. The first kappa shape index (κ1) is 23.0. The van der Waals surface area contributed by atoms with Crippen molar-refractivity contribution >= 4 is 46.3 Å². The second kappa shape index (κ2) is 10.2. The molecule has 0 aliphatic carbocycles. The van der Waals surface area contributed by atoms with Gasteiger partial charge in [0, 0.05) is 42.8 Å². The predicted octanol–water partition coefficient (Wildman–Crippen LogP) is 4.08. The largest absolute Gasteiger partial charge is 0.469 e. The highest BCUT2D eigenvalue weighted by molar-refractivity contribution is 7.10. The number of aromatic nitrogens is 1. The van der Waals surface area contributed by atoms with Crippen LogP contribution in [0.5, 0.6) is 0 Å². The number of primary amides is 1. The Labute approximate surface area is 199 Å². The van der Waals surface area contributed by atoms with Crippen LogP contribution in [-0.2, 0) is 11.2 Å². The van der Waals surface area contributed by atoms with Crippen molar-refractivity contribution in [3.8, 4) is 0 Å². The third kappa shape index (κ3) is 5.61. The molecule has 3 heterocycles. The molecular formula is C23H23ClN4O4S. The molecule has 8 nitrogen and oxygen atoms in total. The van der Waals surface area contributed by atoms with Crippen LogP contribution in [0, 0.1) is 0 Å². The fourth-order valence-corrected chi connectivity index (χ4v) is 4.90. The third-order valence-corrected chi connectivity index (χ3v) is 6.95. The maximum absolute atomic E-state index is 12.7. The van der Waals surface area contributed by atoms with Crippen molar-refractivity contribution in [1.82, 2.24) is 9.88 Å². The number of benzene rings is 1. The molecule has 10 heteroatoms. The smallest absolute Gasteiger partial charge is 0.275 e. The molecule has 0 radical (unpaired) electrons. The van der Waals surface area contributed by atoms with Crippen LogP contribution in [0.3, 0.4) is 0 Å². The van der Waals surface area contributed by atoms with Crippen LogP contribution in [0.25, 0.3) is 0 Å². The molecule has 33 heavy (non-hydrogen) atoms. The maximum atomic E-state index is 12.7. The standard InChI is InChI=1S/C23H23ClN4O4S/c24-17-5-3-15(21(25)30)12-18(17)26-22(31)19-13-33-23(27-19)14-7-9-28(10-8-14)20(29)6-4-16-2-1-11-32-16/h1-3,5,11-14H,4,6-10H2,(H2,25,30)(H,26,31). The summed E-state index contributed by atoms with van der Waals surface area (Å²) in [6.45, 7) is 1.33. The van der Waals surface area contributed by atoms with Gasteiger partial charge in [-0.1, -0.05) is 11.6 Å². The fourth-order valence-electron chi connectivity index (χ4n) is 3.76. The number of hydrogen-bond donors (Lipinski definition) is 2. The Kier molecular flexibility index (Phi) is 7.10. The summed E-state index contributed by atoms with van der Waals surface area (Å²) in [5.41, 5.74) is 6.13. The molecule has 0 atom stereocenters. The molecule has 0 unspecified atom stereocenters. The summed E-state index contributed by atoms with van der Waals surface area (Å²) in [6, 6.07) is 8.13. The molecule has 0 bridgehead atoms. The predicted molar refractivity (Wildman–Crippen MR) is 126 cm³/mol. The van der Waals surface area contributed by atoms with Crippen LogP contribution in [0.15, 0.2) is 46.4 Å². The molecule has 2 aromatic heterocycles. The normalized spacial score (nSPS) is 14.3. The first-order valence-electron chi connectivity index (χ1n) is 10.6. The van der Waals surface area contributed by atoms with Gasteiger partial charge in [0.1, 0.15) is 11.5 Å². The van der Waals surface area contributed by atoms with Gasteiger partial charge in [-0.2, -0.15) is 0 Å². The lowest BCUT2D eigenvalue weighted by atomic mass is 9.97. The molecule has 1 aliphatic heterocycles. The molecule has 3 N–H and O–H groups in total. The van der Waals surface area contributed by atoms with E-state index < -0.39 is 11.8 Å². The average molecular weight is 487 g/mol. The SMILES string of the molecule is NC(=O)c1ccc(Cl)c(NC(=O)c2csc(C3CCN(C(=O)CCc4ccco4)CC3)n2)c1. The number of aryl methyl sites for hydroxylation is 1. The first-order valence-corrected chi connectivity index (χ1v) is 11.8. The van der Waals surface area contributed by atoms with Gasteiger partial charge in [-0.25, -0.2) is 4.98 Å². The minimum atomic E-state index is -0.608. The Balaban J connectivity index is 1.31. The molecule has 1 saturated heterocycles. The number of amides is 3. The highest BCUT2D eigenvalue weighted by Crippen LogP contribution is 2.31. The van der Waals surface area contributed by atoms with Gasteiger partial charge < -0.3 is 20.4 Å². The number of hydrogen-bond acceptors (Lipinski definition) is 6. The van der Waals surface area contributed by atoms with Gasteiger partial charge in [0.25, 0.3) is 5.91 Å². The summed E-state index contributed by atoms with van der Waals surface area (Å²) in [5.74, 6) is 0.122. The number of carbonyl (C=O) groups is 3. The minimum absolute atomic E-state index is 0.124. The van der Waals surface area contributed by atoms with E-state index in [1.54, 1.807) is 11.6 Å². The summed E-state index contributed by atoms with van der Waals surface area (Å²) in [6.07, 6.45) is 4.24. The number of piperidine rings is 1. The van der Waals surface area contributed by atoms with Gasteiger partial charge in [-0.3, -0.25) is 14.4 Å². The second-order valence-corrected chi connectivity index (χ2v) is 9.12. The zero-order valence-corrected chi connectivity index (χ0v) is 19.3. The van der Waals surface area contributed by atoms with Crippen LogP contribution >= 0.6 is 22.9 Å². The van der Waals surface area contributed by atoms with E-state index in [0.717, 1.165) is 23.6 Å². The third-order valence-electron chi connectivity index (χ3n) is 5.62. The van der Waals surface area contributed by atoms with Crippen LogP contribution in [0.2, 0.25) is 5.02 Å². The minimum Gasteiger partial charge on any atom is -0.469 e. The molecule has 0 spiro atoms. The molecule has 1 aliphatic rings. The second-order valence-electron chi connectivity index (χ2n) is 7.82. The Morgan fingerprint density at radius 1 is 1.24 bits per heavy atom. The van der Waals surface area contributed by atoms with Crippen LogP contribution in [-0.4, -0.2) is 40.7 Å².